The van der Waals surface area contributed by atoms with Gasteiger partial charge in [-0.05, 0) is 18.8 Å². The molecule has 0 spiro atoms. The number of hydrogen-bond donors (Lipinski definition) is 2. The van der Waals surface area contributed by atoms with Gasteiger partial charge in [0, 0.05) is 19.6 Å². The van der Waals surface area contributed by atoms with E-state index < -0.39 is 5.97 Å². The number of aliphatic carboxylic acids is 1. The van der Waals surface area contributed by atoms with E-state index in [0.29, 0.717) is 12.5 Å². The number of rotatable bonds is 5. The molecule has 0 aromatic carbocycles. The van der Waals surface area contributed by atoms with Gasteiger partial charge in [-0.2, -0.15) is 0 Å². The number of aliphatic hydroxyl groups excluding tert-OH is 1. The van der Waals surface area contributed by atoms with Crippen LogP contribution in [0.3, 0.4) is 0 Å². The highest BCUT2D eigenvalue weighted by Gasteiger charge is 2.26. The molecular weight excluding hydrogens is 194 g/mol. The summed E-state index contributed by atoms with van der Waals surface area (Å²) in [5.74, 6) is -0.411. The number of aliphatic hydroxyl groups is 1. The molecule has 0 bridgehead atoms. The van der Waals surface area contributed by atoms with Crippen molar-refractivity contribution in [1.82, 2.24) is 4.90 Å². The maximum Gasteiger partial charge on any atom is 0.304 e. The lowest BCUT2D eigenvalue weighted by molar-refractivity contribution is -0.137. The van der Waals surface area contributed by atoms with Gasteiger partial charge in [0.25, 0.3) is 0 Å². The molecule has 0 aliphatic carbocycles. The molecule has 1 aliphatic heterocycles. The highest BCUT2D eigenvalue weighted by molar-refractivity contribution is 5.66. The molecule has 0 radical (unpaired) electrons. The molecule has 1 fully saturated rings. The Balaban J connectivity index is 2.32. The van der Waals surface area contributed by atoms with Gasteiger partial charge >= 0.3 is 5.97 Å². The summed E-state index contributed by atoms with van der Waals surface area (Å²) in [6.45, 7) is 4.40. The predicted molar refractivity (Wildman–Crippen MR) is 57.7 cm³/mol. The first-order chi connectivity index (χ1) is 7.13. The molecule has 2 N–H and O–H groups in total. The normalized spacial score (nSPS) is 27.9. The molecule has 0 aromatic rings. The predicted octanol–water partition coefficient (Wildman–Crippen LogP) is 0.944. The Hall–Kier alpha value is -0.610. The van der Waals surface area contributed by atoms with Crippen LogP contribution in [0, 0.1) is 5.92 Å². The molecule has 88 valence electrons. The summed E-state index contributed by atoms with van der Waals surface area (Å²) >= 11 is 0. The van der Waals surface area contributed by atoms with Crippen LogP contribution in [0.1, 0.15) is 32.6 Å². The van der Waals surface area contributed by atoms with Gasteiger partial charge in [-0.25, -0.2) is 0 Å². The van der Waals surface area contributed by atoms with Crippen molar-refractivity contribution in [2.45, 2.75) is 38.7 Å². The van der Waals surface area contributed by atoms with Gasteiger partial charge in [-0.1, -0.05) is 13.3 Å². The third kappa shape index (κ3) is 4.18. The van der Waals surface area contributed by atoms with Crippen molar-refractivity contribution in [3.05, 3.63) is 0 Å². The van der Waals surface area contributed by atoms with Gasteiger partial charge in [0.1, 0.15) is 0 Å². The Bertz CT molecular complexity index is 208. The highest BCUT2D eigenvalue weighted by Crippen LogP contribution is 2.21. The zero-order valence-corrected chi connectivity index (χ0v) is 9.35. The van der Waals surface area contributed by atoms with E-state index in [2.05, 4.69) is 11.8 Å². The van der Waals surface area contributed by atoms with Crippen LogP contribution in [0.5, 0.6) is 0 Å². The van der Waals surface area contributed by atoms with E-state index >= 15 is 0 Å². The average Bonchev–Trinajstić information content (AvgIpc) is 2.19. The van der Waals surface area contributed by atoms with Crippen molar-refractivity contribution in [1.29, 1.82) is 0 Å². The highest BCUT2D eigenvalue weighted by atomic mass is 16.4. The van der Waals surface area contributed by atoms with Crippen molar-refractivity contribution in [2.75, 3.05) is 19.6 Å². The number of piperidine rings is 1. The van der Waals surface area contributed by atoms with Crippen LogP contribution in [0.4, 0.5) is 0 Å². The van der Waals surface area contributed by atoms with Crippen LogP contribution in [0.15, 0.2) is 0 Å². The second-order valence-corrected chi connectivity index (χ2v) is 4.35. The van der Waals surface area contributed by atoms with Crippen LogP contribution in [0.25, 0.3) is 0 Å². The van der Waals surface area contributed by atoms with Crippen molar-refractivity contribution in [2.24, 2.45) is 5.92 Å². The van der Waals surface area contributed by atoms with E-state index in [-0.39, 0.29) is 12.5 Å². The minimum atomic E-state index is -0.742. The van der Waals surface area contributed by atoms with Gasteiger partial charge in [0.05, 0.1) is 12.5 Å². The summed E-state index contributed by atoms with van der Waals surface area (Å²) in [5.41, 5.74) is 0. The molecule has 4 heteroatoms. The summed E-state index contributed by atoms with van der Waals surface area (Å²) in [5, 5.41) is 18.3. The van der Waals surface area contributed by atoms with Gasteiger partial charge in [-0.3, -0.25) is 4.79 Å². The molecule has 1 aliphatic rings. The summed E-state index contributed by atoms with van der Waals surface area (Å²) < 4.78 is 0. The van der Waals surface area contributed by atoms with Crippen molar-refractivity contribution in [3.63, 3.8) is 0 Å². The molecule has 1 saturated heterocycles. The fourth-order valence-electron chi connectivity index (χ4n) is 2.21. The van der Waals surface area contributed by atoms with E-state index in [1.807, 2.05) is 0 Å². The number of carboxylic acids is 1. The maximum atomic E-state index is 10.4. The molecule has 2 unspecified atom stereocenters. The van der Waals surface area contributed by atoms with Gasteiger partial charge in [0.2, 0.25) is 0 Å². The molecule has 2 atom stereocenters. The summed E-state index contributed by atoms with van der Waals surface area (Å²) in [6, 6.07) is 0. The smallest absolute Gasteiger partial charge is 0.304 e. The van der Waals surface area contributed by atoms with Crippen LogP contribution in [-0.2, 0) is 4.79 Å². The maximum absolute atomic E-state index is 10.4. The lowest BCUT2D eigenvalue weighted by atomic mass is 9.91. The molecule has 0 saturated carbocycles. The van der Waals surface area contributed by atoms with Gasteiger partial charge in [0.15, 0.2) is 0 Å². The Morgan fingerprint density at radius 3 is 2.87 bits per heavy atom. The van der Waals surface area contributed by atoms with E-state index in [1.54, 1.807) is 0 Å². The number of hydrogen-bond acceptors (Lipinski definition) is 3. The summed E-state index contributed by atoms with van der Waals surface area (Å²) in [7, 11) is 0. The van der Waals surface area contributed by atoms with Crippen LogP contribution in [0.2, 0.25) is 0 Å². The average molecular weight is 215 g/mol. The van der Waals surface area contributed by atoms with Crippen LogP contribution < -0.4 is 0 Å². The third-order valence-corrected chi connectivity index (χ3v) is 3.08. The largest absolute Gasteiger partial charge is 0.481 e. The van der Waals surface area contributed by atoms with Crippen LogP contribution in [-0.4, -0.2) is 46.8 Å². The molecule has 0 aromatic heterocycles. The number of likely N-dealkylation sites (tertiary alicyclic amines) is 1. The molecular formula is C11H21NO3. The standard InChI is InChI=1S/C11H21NO3/c1-2-3-9-8-12(6-4-10(9)13)7-5-11(14)15/h9-10,13H,2-8H2,1H3,(H,14,15). The molecule has 0 amide bonds. The number of carbonyl (C=O) groups is 1. The number of nitrogens with zero attached hydrogens (tertiary/aromatic N) is 1. The SMILES string of the molecule is CCCC1CN(CCC(=O)O)CCC1O. The number of carboxylic acid groups (broad SMARTS) is 1. The first kappa shape index (κ1) is 12.5. The molecule has 4 nitrogen and oxygen atoms in total. The topological polar surface area (TPSA) is 60.8 Å². The van der Waals surface area contributed by atoms with Crippen LogP contribution >= 0.6 is 0 Å². The molecule has 15 heavy (non-hydrogen) atoms. The second-order valence-electron chi connectivity index (χ2n) is 4.35. The molecule has 1 heterocycles. The Morgan fingerprint density at radius 1 is 1.53 bits per heavy atom. The van der Waals surface area contributed by atoms with Gasteiger partial charge in [-0.15, -0.1) is 0 Å². The Morgan fingerprint density at radius 2 is 2.27 bits per heavy atom. The fraction of sp³-hybridized carbons (Fsp3) is 0.909. The van der Waals surface area contributed by atoms with E-state index in [1.165, 1.54) is 0 Å². The minimum Gasteiger partial charge on any atom is -0.481 e. The lowest BCUT2D eigenvalue weighted by Crippen LogP contribution is -2.43. The Kier molecular flexibility index (Phi) is 5.05. The minimum absolute atomic E-state index is 0.189. The third-order valence-electron chi connectivity index (χ3n) is 3.08. The first-order valence-corrected chi connectivity index (χ1v) is 5.75. The van der Waals surface area contributed by atoms with Gasteiger partial charge < -0.3 is 15.1 Å². The lowest BCUT2D eigenvalue weighted by Gasteiger charge is -2.35. The quantitative estimate of drug-likeness (QED) is 0.716. The summed E-state index contributed by atoms with van der Waals surface area (Å²) in [4.78, 5) is 12.6. The zero-order valence-electron chi connectivity index (χ0n) is 9.35. The van der Waals surface area contributed by atoms with Crippen molar-refractivity contribution < 1.29 is 15.0 Å². The summed E-state index contributed by atoms with van der Waals surface area (Å²) in [6.07, 6.45) is 2.91. The first-order valence-electron chi connectivity index (χ1n) is 5.75. The zero-order chi connectivity index (χ0) is 11.3. The van der Waals surface area contributed by atoms with Crippen molar-refractivity contribution in [3.8, 4) is 0 Å². The Labute approximate surface area is 90.9 Å². The second kappa shape index (κ2) is 6.08. The fourth-order valence-corrected chi connectivity index (χ4v) is 2.21. The molecule has 1 rings (SSSR count). The van der Waals surface area contributed by atoms with E-state index in [4.69, 9.17) is 5.11 Å². The van der Waals surface area contributed by atoms with Crippen molar-refractivity contribution >= 4 is 5.97 Å². The van der Waals surface area contributed by atoms with E-state index in [0.717, 1.165) is 32.4 Å². The monoisotopic (exact) mass is 215 g/mol. The van der Waals surface area contributed by atoms with E-state index in [9.17, 15) is 9.90 Å².